The summed E-state index contributed by atoms with van der Waals surface area (Å²) in [5, 5.41) is 12.4. The van der Waals surface area contributed by atoms with Crippen molar-refractivity contribution in [3.63, 3.8) is 0 Å². The molecular weight excluding hydrogens is 274 g/mol. The van der Waals surface area contributed by atoms with Crippen molar-refractivity contribution in [2.75, 3.05) is 6.79 Å². The first-order valence-electron chi connectivity index (χ1n) is 6.63. The van der Waals surface area contributed by atoms with Crippen molar-refractivity contribution < 1.29 is 19.4 Å². The molecule has 0 radical (unpaired) electrons. The molecule has 3 N–H and O–H groups in total. The molecule has 0 bridgehead atoms. The number of benzene rings is 1. The fourth-order valence-electron chi connectivity index (χ4n) is 2.79. The summed E-state index contributed by atoms with van der Waals surface area (Å²) < 4.78 is 10.7. The van der Waals surface area contributed by atoms with Gasteiger partial charge in [-0.05, 0) is 17.7 Å². The van der Waals surface area contributed by atoms with Crippen molar-refractivity contribution in [2.24, 2.45) is 0 Å². The van der Waals surface area contributed by atoms with E-state index in [0.717, 1.165) is 17.0 Å². The van der Waals surface area contributed by atoms with Crippen molar-refractivity contribution in [1.82, 2.24) is 15.3 Å². The van der Waals surface area contributed by atoms with Crippen molar-refractivity contribution in [2.45, 2.75) is 18.5 Å². The highest BCUT2D eigenvalue weighted by molar-refractivity contribution is 5.74. The molecule has 2 atom stereocenters. The Hall–Kier alpha value is -2.54. The van der Waals surface area contributed by atoms with E-state index in [-0.39, 0.29) is 12.8 Å². The lowest BCUT2D eigenvalue weighted by Gasteiger charge is -2.28. The second-order valence-corrected chi connectivity index (χ2v) is 5.07. The topological polar surface area (TPSA) is 96.5 Å². The monoisotopic (exact) mass is 287 g/mol. The highest BCUT2D eigenvalue weighted by atomic mass is 16.7. The van der Waals surface area contributed by atoms with E-state index >= 15 is 0 Å². The molecule has 0 spiro atoms. The lowest BCUT2D eigenvalue weighted by Crippen LogP contribution is -2.45. The van der Waals surface area contributed by atoms with Crippen LogP contribution >= 0.6 is 0 Å². The number of aromatic nitrogens is 2. The van der Waals surface area contributed by atoms with E-state index in [0.29, 0.717) is 17.9 Å². The lowest BCUT2D eigenvalue weighted by molar-refractivity contribution is -0.139. The zero-order chi connectivity index (χ0) is 14.4. The normalized spacial score (nSPS) is 22.9. The van der Waals surface area contributed by atoms with Crippen molar-refractivity contribution >= 4 is 5.97 Å². The van der Waals surface area contributed by atoms with Crippen LogP contribution in [0.4, 0.5) is 0 Å². The van der Waals surface area contributed by atoms with E-state index in [4.69, 9.17) is 9.47 Å². The van der Waals surface area contributed by atoms with Crippen LogP contribution in [0.15, 0.2) is 24.5 Å². The Labute approximate surface area is 119 Å². The molecule has 7 heteroatoms. The summed E-state index contributed by atoms with van der Waals surface area (Å²) in [6.07, 6.45) is 1.99. The Balaban J connectivity index is 1.75. The zero-order valence-corrected chi connectivity index (χ0v) is 11.0. The Morgan fingerprint density at radius 2 is 2.19 bits per heavy atom. The molecule has 0 saturated carbocycles. The number of nitrogens with zero attached hydrogens (tertiary/aromatic N) is 1. The van der Waals surface area contributed by atoms with Crippen molar-refractivity contribution in [3.05, 3.63) is 41.5 Å². The van der Waals surface area contributed by atoms with Gasteiger partial charge in [0.15, 0.2) is 11.5 Å². The van der Waals surface area contributed by atoms with Gasteiger partial charge in [0.25, 0.3) is 0 Å². The van der Waals surface area contributed by atoms with Gasteiger partial charge < -0.3 is 19.6 Å². The molecule has 0 aliphatic carbocycles. The quantitative estimate of drug-likeness (QED) is 0.757. The summed E-state index contributed by atoms with van der Waals surface area (Å²) in [5.41, 5.74) is 2.58. The number of ether oxygens (including phenoxy) is 2. The average Bonchev–Trinajstić information content (AvgIpc) is 3.13. The van der Waals surface area contributed by atoms with Crippen molar-refractivity contribution in [3.8, 4) is 11.5 Å². The summed E-state index contributed by atoms with van der Waals surface area (Å²) >= 11 is 0. The van der Waals surface area contributed by atoms with Gasteiger partial charge in [-0.1, -0.05) is 6.07 Å². The summed E-state index contributed by atoms with van der Waals surface area (Å²) in [5.74, 6) is 0.497. The molecule has 2 aliphatic rings. The third kappa shape index (κ3) is 1.93. The summed E-state index contributed by atoms with van der Waals surface area (Å²) in [4.78, 5) is 18.7. The number of hydrogen-bond acceptors (Lipinski definition) is 5. The van der Waals surface area contributed by atoms with Crippen LogP contribution in [0.25, 0.3) is 0 Å². The third-order valence-electron chi connectivity index (χ3n) is 3.83. The fourth-order valence-corrected chi connectivity index (χ4v) is 2.79. The van der Waals surface area contributed by atoms with E-state index < -0.39 is 12.0 Å². The number of hydrogen-bond donors (Lipinski definition) is 3. The molecule has 2 aromatic rings. The molecule has 0 amide bonds. The first-order chi connectivity index (χ1) is 10.2. The predicted molar refractivity (Wildman–Crippen MR) is 71.3 cm³/mol. The first kappa shape index (κ1) is 12.2. The summed E-state index contributed by atoms with van der Waals surface area (Å²) in [7, 11) is 0. The lowest BCUT2D eigenvalue weighted by atomic mass is 9.94. The van der Waals surface area contributed by atoms with E-state index in [1.54, 1.807) is 6.33 Å². The first-order valence-corrected chi connectivity index (χ1v) is 6.63. The van der Waals surface area contributed by atoms with Gasteiger partial charge in [-0.15, -0.1) is 0 Å². The van der Waals surface area contributed by atoms with Crippen LogP contribution in [0.5, 0.6) is 11.5 Å². The molecule has 3 heterocycles. The van der Waals surface area contributed by atoms with E-state index in [1.165, 1.54) is 0 Å². The Morgan fingerprint density at radius 1 is 1.33 bits per heavy atom. The van der Waals surface area contributed by atoms with Crippen molar-refractivity contribution in [1.29, 1.82) is 0 Å². The maximum Gasteiger partial charge on any atom is 0.321 e. The van der Waals surface area contributed by atoms with Gasteiger partial charge in [0, 0.05) is 12.1 Å². The van der Waals surface area contributed by atoms with Crippen LogP contribution in [-0.2, 0) is 11.2 Å². The molecule has 7 nitrogen and oxygen atoms in total. The number of aliphatic carboxylic acids is 1. The van der Waals surface area contributed by atoms with E-state index in [2.05, 4.69) is 15.3 Å². The molecule has 1 aromatic carbocycles. The summed E-state index contributed by atoms with van der Waals surface area (Å²) in [6, 6.07) is 4.66. The largest absolute Gasteiger partial charge is 0.480 e. The fraction of sp³-hybridized carbons (Fsp3) is 0.286. The van der Waals surface area contributed by atoms with Gasteiger partial charge >= 0.3 is 5.97 Å². The maximum atomic E-state index is 11.3. The number of rotatable bonds is 2. The van der Waals surface area contributed by atoms with Crippen LogP contribution in [0.1, 0.15) is 23.0 Å². The minimum atomic E-state index is -0.874. The zero-order valence-electron chi connectivity index (χ0n) is 11.0. The average molecular weight is 287 g/mol. The van der Waals surface area contributed by atoms with Crippen LogP contribution in [0.2, 0.25) is 0 Å². The van der Waals surface area contributed by atoms with Gasteiger partial charge in [-0.25, -0.2) is 4.98 Å². The molecule has 2 aliphatic heterocycles. The van der Waals surface area contributed by atoms with Gasteiger partial charge in [0.1, 0.15) is 6.04 Å². The SMILES string of the molecule is O=C(O)[C@H]1Cc2[nH]cnc2[C@@H](c2ccc3c(c2)OCO3)N1. The van der Waals surface area contributed by atoms with Gasteiger partial charge in [-0.2, -0.15) is 0 Å². The molecule has 0 unspecified atom stereocenters. The minimum Gasteiger partial charge on any atom is -0.480 e. The molecule has 4 rings (SSSR count). The van der Waals surface area contributed by atoms with E-state index in [9.17, 15) is 9.90 Å². The number of carboxylic acid groups (broad SMARTS) is 1. The van der Waals surface area contributed by atoms with Gasteiger partial charge in [0.05, 0.1) is 18.1 Å². The Morgan fingerprint density at radius 3 is 3.05 bits per heavy atom. The number of carbonyl (C=O) groups is 1. The minimum absolute atomic E-state index is 0.211. The molecule has 21 heavy (non-hydrogen) atoms. The number of aromatic amines is 1. The molecule has 0 fully saturated rings. The number of imidazole rings is 1. The number of fused-ring (bicyclic) bond motifs is 2. The van der Waals surface area contributed by atoms with Crippen LogP contribution in [0.3, 0.4) is 0 Å². The number of carboxylic acids is 1. The van der Waals surface area contributed by atoms with Crippen LogP contribution < -0.4 is 14.8 Å². The maximum absolute atomic E-state index is 11.3. The molecule has 1 aromatic heterocycles. The highest BCUT2D eigenvalue weighted by Crippen LogP contribution is 2.37. The number of H-pyrrole nitrogens is 1. The third-order valence-corrected chi connectivity index (χ3v) is 3.83. The van der Waals surface area contributed by atoms with Gasteiger partial charge in [0.2, 0.25) is 6.79 Å². The molecule has 0 saturated heterocycles. The Bertz CT molecular complexity index is 712. The van der Waals surface area contributed by atoms with Crippen LogP contribution in [0, 0.1) is 0 Å². The standard InChI is InChI=1S/C14H13N3O4/c18-14(19)9-4-8-13(16-5-15-8)12(17-9)7-1-2-10-11(3-7)21-6-20-10/h1-3,5,9,12,17H,4,6H2,(H,15,16)(H,18,19)/t9-,12-/m1/s1. The second kappa shape index (κ2) is 4.49. The smallest absolute Gasteiger partial charge is 0.321 e. The highest BCUT2D eigenvalue weighted by Gasteiger charge is 2.33. The molecule has 108 valence electrons. The van der Waals surface area contributed by atoms with Gasteiger partial charge in [-0.3, -0.25) is 10.1 Å². The molecular formula is C14H13N3O4. The predicted octanol–water partition coefficient (Wildman–Crippen LogP) is 0.827. The number of nitrogens with one attached hydrogen (secondary N) is 2. The second-order valence-electron chi connectivity index (χ2n) is 5.07. The Kier molecular flexibility index (Phi) is 2.61. The van der Waals surface area contributed by atoms with E-state index in [1.807, 2.05) is 18.2 Å². The summed E-state index contributed by atoms with van der Waals surface area (Å²) in [6.45, 7) is 0.211. The van der Waals surface area contributed by atoms with Crippen LogP contribution in [-0.4, -0.2) is 33.9 Å².